The van der Waals surface area contributed by atoms with Crippen LogP contribution in [0.2, 0.25) is 0 Å². The number of hydrogen-bond acceptors (Lipinski definition) is 1. The summed E-state index contributed by atoms with van der Waals surface area (Å²) in [5.74, 6) is 0. The van der Waals surface area contributed by atoms with Crippen LogP contribution in [0.1, 0.15) is 0 Å². The molecule has 8 rings (SSSR count). The molecule has 1 heterocycles. The fourth-order valence-electron chi connectivity index (χ4n) is 5.92. The van der Waals surface area contributed by atoms with Crippen molar-refractivity contribution in [1.29, 1.82) is 0 Å². The summed E-state index contributed by atoms with van der Waals surface area (Å²) >= 11 is 0. The lowest BCUT2D eigenvalue weighted by Gasteiger charge is -2.15. The molecule has 7 aromatic carbocycles. The van der Waals surface area contributed by atoms with E-state index in [9.17, 15) is 0 Å². The van der Waals surface area contributed by atoms with Crippen LogP contribution >= 0.6 is 0 Å². The van der Waals surface area contributed by atoms with E-state index in [0.29, 0.717) is 0 Å². The lowest BCUT2D eigenvalue weighted by Crippen LogP contribution is -1.88. The zero-order chi connectivity index (χ0) is 22.9. The smallest absolute Gasteiger partial charge is 0.136 e. The summed E-state index contributed by atoms with van der Waals surface area (Å²) in [7, 11) is 0. The largest absolute Gasteiger partial charge is 0.456 e. The Morgan fingerprint density at radius 3 is 1.77 bits per heavy atom. The molecule has 35 heavy (non-hydrogen) atoms. The van der Waals surface area contributed by atoms with E-state index >= 15 is 0 Å². The van der Waals surface area contributed by atoms with Crippen LogP contribution < -0.4 is 0 Å². The predicted octanol–water partition coefficient (Wildman–Crippen LogP) is 9.87. The van der Waals surface area contributed by atoms with Gasteiger partial charge in [-0.2, -0.15) is 0 Å². The monoisotopic (exact) mass is 444 g/mol. The topological polar surface area (TPSA) is 13.1 Å². The molecule has 162 valence electrons. The molecule has 0 fully saturated rings. The minimum atomic E-state index is 0.926. The molecule has 0 aliphatic carbocycles. The second kappa shape index (κ2) is 6.94. The summed E-state index contributed by atoms with van der Waals surface area (Å²) in [6, 6.07) is 43.6. The van der Waals surface area contributed by atoms with Crippen molar-refractivity contribution in [2.45, 2.75) is 0 Å². The van der Waals surface area contributed by atoms with Gasteiger partial charge in [-0.25, -0.2) is 0 Å². The van der Waals surface area contributed by atoms with Gasteiger partial charge in [-0.05, 0) is 72.4 Å². The highest BCUT2D eigenvalue weighted by Gasteiger charge is 2.19. The average molecular weight is 445 g/mol. The van der Waals surface area contributed by atoms with E-state index in [1.807, 2.05) is 0 Å². The van der Waals surface area contributed by atoms with Gasteiger partial charge in [0, 0.05) is 10.8 Å². The van der Waals surface area contributed by atoms with Crippen LogP contribution in [0.3, 0.4) is 0 Å². The zero-order valence-corrected chi connectivity index (χ0v) is 19.0. The fraction of sp³-hybridized carbons (Fsp3) is 0. The van der Waals surface area contributed by atoms with Crippen molar-refractivity contribution in [3.05, 3.63) is 121 Å². The summed E-state index contributed by atoms with van der Waals surface area (Å²) in [5, 5.41) is 12.4. The first-order chi connectivity index (χ1) is 17.4. The Bertz CT molecular complexity index is 2110. The summed E-state index contributed by atoms with van der Waals surface area (Å²) in [5.41, 5.74) is 4.35. The van der Waals surface area contributed by atoms with Gasteiger partial charge in [0.15, 0.2) is 0 Å². The van der Waals surface area contributed by atoms with Crippen LogP contribution in [-0.4, -0.2) is 0 Å². The van der Waals surface area contributed by atoms with Crippen LogP contribution in [0, 0.1) is 0 Å². The molecular weight excluding hydrogens is 424 g/mol. The Labute approximate surface area is 201 Å². The molecule has 0 spiro atoms. The molecule has 0 aliphatic heterocycles. The van der Waals surface area contributed by atoms with Gasteiger partial charge in [0.25, 0.3) is 0 Å². The zero-order valence-electron chi connectivity index (χ0n) is 19.0. The molecule has 0 N–H and O–H groups in total. The van der Waals surface area contributed by atoms with Crippen molar-refractivity contribution in [3.63, 3.8) is 0 Å². The standard InChI is InChI=1S/C34H20O/c1-4-11-25-21(8-1)16-17-24-20-23-10-3-6-13-27(23)32(31(24)25)28-14-7-15-29-34(28)33-26-12-5-2-9-22(26)18-19-30(33)35-29/h1-20H. The van der Waals surface area contributed by atoms with Gasteiger partial charge in [0.05, 0.1) is 0 Å². The van der Waals surface area contributed by atoms with E-state index in [0.717, 1.165) is 11.2 Å². The number of fused-ring (bicyclic) bond motifs is 9. The normalized spacial score (nSPS) is 12.0. The van der Waals surface area contributed by atoms with E-state index < -0.39 is 0 Å². The molecule has 0 saturated heterocycles. The molecule has 1 heteroatoms. The highest BCUT2D eigenvalue weighted by molar-refractivity contribution is 6.29. The molecule has 0 amide bonds. The number of hydrogen-bond donors (Lipinski definition) is 0. The SMILES string of the molecule is c1ccc2c(-c3cccc4oc5ccc6ccccc6c5c34)c3c(ccc4ccccc43)cc2c1. The molecule has 1 aromatic heterocycles. The molecule has 0 unspecified atom stereocenters. The van der Waals surface area contributed by atoms with Crippen molar-refractivity contribution in [2.75, 3.05) is 0 Å². The maximum absolute atomic E-state index is 6.43. The molecule has 0 aliphatic rings. The van der Waals surface area contributed by atoms with Crippen LogP contribution in [0.4, 0.5) is 0 Å². The van der Waals surface area contributed by atoms with E-state index in [1.54, 1.807) is 0 Å². The lowest BCUT2D eigenvalue weighted by molar-refractivity contribution is 0.669. The first-order valence-electron chi connectivity index (χ1n) is 12.0. The van der Waals surface area contributed by atoms with Gasteiger partial charge in [0.1, 0.15) is 11.2 Å². The first-order valence-corrected chi connectivity index (χ1v) is 12.0. The Morgan fingerprint density at radius 1 is 0.371 bits per heavy atom. The highest BCUT2D eigenvalue weighted by Crippen LogP contribution is 2.46. The Morgan fingerprint density at radius 2 is 0.971 bits per heavy atom. The van der Waals surface area contributed by atoms with Crippen molar-refractivity contribution in [1.82, 2.24) is 0 Å². The summed E-state index contributed by atoms with van der Waals surface area (Å²) < 4.78 is 6.43. The van der Waals surface area contributed by atoms with E-state index in [2.05, 4.69) is 121 Å². The Hall–Kier alpha value is -4.62. The Kier molecular flexibility index (Phi) is 3.72. The molecule has 0 saturated carbocycles. The van der Waals surface area contributed by atoms with Gasteiger partial charge in [-0.15, -0.1) is 0 Å². The Balaban J connectivity index is 1.67. The maximum atomic E-state index is 6.43. The number of benzene rings is 7. The van der Waals surface area contributed by atoms with Gasteiger partial charge >= 0.3 is 0 Å². The molecule has 0 atom stereocenters. The molecule has 0 bridgehead atoms. The minimum absolute atomic E-state index is 0.926. The van der Waals surface area contributed by atoms with E-state index in [1.165, 1.54) is 65.0 Å². The quantitative estimate of drug-likeness (QED) is 0.181. The minimum Gasteiger partial charge on any atom is -0.456 e. The van der Waals surface area contributed by atoms with Gasteiger partial charge in [-0.1, -0.05) is 103 Å². The van der Waals surface area contributed by atoms with E-state index in [4.69, 9.17) is 4.42 Å². The highest BCUT2D eigenvalue weighted by atomic mass is 16.3. The molecule has 0 radical (unpaired) electrons. The van der Waals surface area contributed by atoms with Gasteiger partial charge in [-0.3, -0.25) is 0 Å². The van der Waals surface area contributed by atoms with Gasteiger partial charge < -0.3 is 4.42 Å². The van der Waals surface area contributed by atoms with Crippen LogP contribution in [0.15, 0.2) is 126 Å². The molecule has 8 aromatic rings. The molecular formula is C34H20O. The second-order valence-electron chi connectivity index (χ2n) is 9.30. The van der Waals surface area contributed by atoms with Crippen molar-refractivity contribution in [3.8, 4) is 11.1 Å². The first kappa shape index (κ1) is 18.8. The second-order valence-corrected chi connectivity index (χ2v) is 9.30. The number of rotatable bonds is 1. The van der Waals surface area contributed by atoms with Crippen LogP contribution in [0.5, 0.6) is 0 Å². The third-order valence-corrected chi connectivity index (χ3v) is 7.41. The summed E-state index contributed by atoms with van der Waals surface area (Å²) in [6.07, 6.45) is 0. The van der Waals surface area contributed by atoms with Crippen molar-refractivity contribution < 1.29 is 4.42 Å². The summed E-state index contributed by atoms with van der Waals surface area (Å²) in [4.78, 5) is 0. The lowest BCUT2D eigenvalue weighted by atomic mass is 9.87. The van der Waals surface area contributed by atoms with Gasteiger partial charge in [0.2, 0.25) is 0 Å². The molecule has 1 nitrogen and oxygen atoms in total. The van der Waals surface area contributed by atoms with E-state index in [-0.39, 0.29) is 0 Å². The third kappa shape index (κ3) is 2.58. The fourth-order valence-corrected chi connectivity index (χ4v) is 5.92. The summed E-state index contributed by atoms with van der Waals surface area (Å²) in [6.45, 7) is 0. The van der Waals surface area contributed by atoms with Crippen LogP contribution in [0.25, 0.3) is 76.2 Å². The number of furan rings is 1. The predicted molar refractivity (Wildman–Crippen MR) is 149 cm³/mol. The van der Waals surface area contributed by atoms with Crippen LogP contribution in [-0.2, 0) is 0 Å². The van der Waals surface area contributed by atoms with Crippen molar-refractivity contribution >= 4 is 65.0 Å². The van der Waals surface area contributed by atoms with Crippen molar-refractivity contribution in [2.24, 2.45) is 0 Å². The maximum Gasteiger partial charge on any atom is 0.136 e. The average Bonchev–Trinajstić information content (AvgIpc) is 3.31. The third-order valence-electron chi connectivity index (χ3n) is 7.41.